The normalized spacial score (nSPS) is 24.2. The summed E-state index contributed by atoms with van der Waals surface area (Å²) in [7, 11) is 0. The molecule has 0 amide bonds. The molecule has 160 valence electrons. The average Bonchev–Trinajstić information content (AvgIpc) is 3.44. The standard InChI is InChI=1S/C26H25N5O/c1-16-11-26(3,12-16)18-7-8-21-19(10-18)23(20-6-4-5-9-28-20)30-17(2)25-24(29-14-31(21)25)22-13-27-15-32-22/h4-10,13-17H,11-12H2,1-3H3/t16?,17-,26?/m0/s1. The summed E-state index contributed by atoms with van der Waals surface area (Å²) < 4.78 is 7.73. The van der Waals surface area contributed by atoms with Gasteiger partial charge < -0.3 is 4.42 Å². The molecule has 6 nitrogen and oxygen atoms in total. The molecule has 0 N–H and O–H groups in total. The van der Waals surface area contributed by atoms with Gasteiger partial charge in [0.2, 0.25) is 0 Å². The van der Waals surface area contributed by atoms with E-state index in [0.29, 0.717) is 5.76 Å². The monoisotopic (exact) mass is 423 g/mol. The van der Waals surface area contributed by atoms with E-state index < -0.39 is 0 Å². The first-order chi connectivity index (χ1) is 15.5. The van der Waals surface area contributed by atoms with Crippen molar-refractivity contribution in [2.45, 2.75) is 45.1 Å². The van der Waals surface area contributed by atoms with Crippen LogP contribution in [0.4, 0.5) is 0 Å². The van der Waals surface area contributed by atoms with E-state index in [1.807, 2.05) is 30.7 Å². The summed E-state index contributed by atoms with van der Waals surface area (Å²) in [5, 5.41) is 0. The van der Waals surface area contributed by atoms with Gasteiger partial charge in [-0.1, -0.05) is 26.0 Å². The lowest BCUT2D eigenvalue weighted by molar-refractivity contribution is 0.178. The zero-order chi connectivity index (χ0) is 21.9. The number of rotatable bonds is 3. The SMILES string of the molecule is CC1CC(C)(c2ccc3c(c2)C(c2ccccn2)=N[C@@H](C)c2c(-c4cnco4)ncn2-3)C1. The average molecular weight is 424 g/mol. The van der Waals surface area contributed by atoms with Crippen LogP contribution in [0.15, 0.2) is 70.9 Å². The third-order valence-electron chi connectivity index (χ3n) is 6.90. The number of hydrogen-bond acceptors (Lipinski definition) is 5. The van der Waals surface area contributed by atoms with Gasteiger partial charge in [0.05, 0.1) is 35.0 Å². The molecule has 1 atom stereocenters. The molecule has 4 aromatic rings. The van der Waals surface area contributed by atoms with Gasteiger partial charge in [0.1, 0.15) is 12.0 Å². The minimum Gasteiger partial charge on any atom is -0.442 e. The van der Waals surface area contributed by atoms with Crippen molar-refractivity contribution >= 4 is 5.71 Å². The van der Waals surface area contributed by atoms with Crippen molar-refractivity contribution in [1.29, 1.82) is 0 Å². The highest BCUT2D eigenvalue weighted by Crippen LogP contribution is 2.48. The maximum Gasteiger partial charge on any atom is 0.181 e. The lowest BCUT2D eigenvalue weighted by atomic mass is 9.60. The van der Waals surface area contributed by atoms with E-state index in [1.165, 1.54) is 24.8 Å². The van der Waals surface area contributed by atoms with Gasteiger partial charge in [-0.2, -0.15) is 0 Å². The van der Waals surface area contributed by atoms with E-state index in [0.717, 1.165) is 40.0 Å². The molecule has 4 heterocycles. The molecular weight excluding hydrogens is 398 g/mol. The molecular formula is C26H25N5O. The molecule has 1 fully saturated rings. The van der Waals surface area contributed by atoms with Gasteiger partial charge in [-0.3, -0.25) is 14.5 Å². The van der Waals surface area contributed by atoms with Gasteiger partial charge in [-0.15, -0.1) is 0 Å². The van der Waals surface area contributed by atoms with Crippen LogP contribution in [0.1, 0.15) is 62.2 Å². The number of aromatic nitrogens is 4. The fourth-order valence-corrected chi connectivity index (χ4v) is 5.53. The number of benzene rings is 1. The molecule has 32 heavy (non-hydrogen) atoms. The van der Waals surface area contributed by atoms with Crippen molar-refractivity contribution in [2.75, 3.05) is 0 Å². The summed E-state index contributed by atoms with van der Waals surface area (Å²) in [5.74, 6) is 1.42. The Bertz CT molecular complexity index is 1310. The van der Waals surface area contributed by atoms with Gasteiger partial charge >= 0.3 is 0 Å². The lowest BCUT2D eigenvalue weighted by Gasteiger charge is -2.44. The maximum absolute atomic E-state index is 5.58. The van der Waals surface area contributed by atoms with Crippen LogP contribution < -0.4 is 0 Å². The number of fused-ring (bicyclic) bond motifs is 3. The third kappa shape index (κ3) is 2.86. The molecule has 1 aliphatic heterocycles. The second kappa shape index (κ2) is 6.99. The predicted octanol–water partition coefficient (Wildman–Crippen LogP) is 5.52. The van der Waals surface area contributed by atoms with Crippen molar-refractivity contribution in [1.82, 2.24) is 19.5 Å². The Morgan fingerprint density at radius 1 is 1.09 bits per heavy atom. The van der Waals surface area contributed by atoms with Gasteiger partial charge in [0.25, 0.3) is 0 Å². The third-order valence-corrected chi connectivity index (χ3v) is 6.90. The first-order valence-electron chi connectivity index (χ1n) is 11.1. The summed E-state index contributed by atoms with van der Waals surface area (Å²) in [6.07, 6.45) is 9.26. The summed E-state index contributed by atoms with van der Waals surface area (Å²) in [4.78, 5) is 18.6. The van der Waals surface area contributed by atoms with Crippen LogP contribution in [0.25, 0.3) is 17.1 Å². The van der Waals surface area contributed by atoms with E-state index in [4.69, 9.17) is 9.41 Å². The summed E-state index contributed by atoms with van der Waals surface area (Å²) >= 11 is 0. The van der Waals surface area contributed by atoms with Gasteiger partial charge in [0.15, 0.2) is 12.2 Å². The van der Waals surface area contributed by atoms with Crippen LogP contribution in [-0.2, 0) is 5.41 Å². The number of hydrogen-bond donors (Lipinski definition) is 0. The Morgan fingerprint density at radius 2 is 1.97 bits per heavy atom. The van der Waals surface area contributed by atoms with E-state index >= 15 is 0 Å². The van der Waals surface area contributed by atoms with Gasteiger partial charge in [-0.05, 0) is 60.9 Å². The summed E-state index contributed by atoms with van der Waals surface area (Å²) in [6, 6.07) is 12.7. The fraction of sp³-hybridized carbons (Fsp3) is 0.308. The molecule has 0 unspecified atom stereocenters. The van der Waals surface area contributed by atoms with Crippen LogP contribution in [0.5, 0.6) is 0 Å². The van der Waals surface area contributed by atoms with E-state index in [1.54, 1.807) is 6.20 Å². The van der Waals surface area contributed by atoms with Crippen LogP contribution in [-0.4, -0.2) is 25.2 Å². The number of imidazole rings is 1. The molecule has 1 aromatic carbocycles. The Morgan fingerprint density at radius 3 is 2.69 bits per heavy atom. The number of oxazole rings is 1. The summed E-state index contributed by atoms with van der Waals surface area (Å²) in [5.41, 5.74) is 7.29. The minimum atomic E-state index is -0.134. The largest absolute Gasteiger partial charge is 0.442 e. The first-order valence-corrected chi connectivity index (χ1v) is 11.1. The quantitative estimate of drug-likeness (QED) is 0.435. The first kappa shape index (κ1) is 19.2. The molecule has 6 heteroatoms. The van der Waals surface area contributed by atoms with Crippen molar-refractivity contribution in [3.8, 4) is 17.1 Å². The highest BCUT2D eigenvalue weighted by atomic mass is 16.3. The van der Waals surface area contributed by atoms with Crippen molar-refractivity contribution in [2.24, 2.45) is 10.9 Å². The topological polar surface area (TPSA) is 69.1 Å². The van der Waals surface area contributed by atoms with Crippen LogP contribution in [0.2, 0.25) is 0 Å². The Kier molecular flexibility index (Phi) is 4.18. The van der Waals surface area contributed by atoms with Gasteiger partial charge in [0, 0.05) is 11.8 Å². The van der Waals surface area contributed by atoms with Crippen LogP contribution >= 0.6 is 0 Å². The summed E-state index contributed by atoms with van der Waals surface area (Å²) in [6.45, 7) is 6.80. The zero-order valence-electron chi connectivity index (χ0n) is 18.5. The number of aliphatic imine (C=N–C) groups is 1. The number of pyridine rings is 1. The zero-order valence-corrected chi connectivity index (χ0v) is 18.5. The molecule has 0 spiro atoms. The minimum absolute atomic E-state index is 0.134. The van der Waals surface area contributed by atoms with Crippen LogP contribution in [0, 0.1) is 5.92 Å². The second-order valence-corrected chi connectivity index (χ2v) is 9.39. The fourth-order valence-electron chi connectivity index (χ4n) is 5.53. The molecule has 3 aromatic heterocycles. The van der Waals surface area contributed by atoms with Crippen molar-refractivity contribution < 1.29 is 4.42 Å². The van der Waals surface area contributed by atoms with E-state index in [2.05, 4.69) is 58.5 Å². The van der Waals surface area contributed by atoms with E-state index in [-0.39, 0.29) is 11.5 Å². The predicted molar refractivity (Wildman–Crippen MR) is 123 cm³/mol. The molecule has 1 aliphatic carbocycles. The van der Waals surface area contributed by atoms with E-state index in [9.17, 15) is 0 Å². The van der Waals surface area contributed by atoms with Crippen molar-refractivity contribution in [3.63, 3.8) is 0 Å². The van der Waals surface area contributed by atoms with Gasteiger partial charge in [-0.25, -0.2) is 9.97 Å². The smallest absolute Gasteiger partial charge is 0.181 e. The molecule has 0 saturated heterocycles. The lowest BCUT2D eigenvalue weighted by Crippen LogP contribution is -2.37. The Hall–Kier alpha value is -3.54. The Balaban J connectivity index is 1.59. The number of nitrogens with zero attached hydrogens (tertiary/aromatic N) is 5. The van der Waals surface area contributed by atoms with Crippen molar-refractivity contribution in [3.05, 3.63) is 84.0 Å². The molecule has 6 rings (SSSR count). The molecule has 1 saturated carbocycles. The molecule has 0 bridgehead atoms. The second-order valence-electron chi connectivity index (χ2n) is 9.39. The Labute approximate surface area is 187 Å². The molecule has 2 aliphatic rings. The highest BCUT2D eigenvalue weighted by molar-refractivity contribution is 6.14. The maximum atomic E-state index is 5.58. The molecule has 0 radical (unpaired) electrons. The van der Waals surface area contributed by atoms with Crippen LogP contribution in [0.3, 0.4) is 0 Å². The highest BCUT2D eigenvalue weighted by Gasteiger charge is 2.40.